The van der Waals surface area contributed by atoms with Crippen molar-refractivity contribution in [1.29, 1.82) is 0 Å². The number of rotatable bonds is 1. The molecule has 1 N–H and O–H groups in total. The van der Waals surface area contributed by atoms with Crippen LogP contribution in [-0.4, -0.2) is 35.3 Å². The summed E-state index contributed by atoms with van der Waals surface area (Å²) < 4.78 is 0. The number of carbonyl (C=O) groups is 2. The standard InChI is InChI=1S/C13H22N2O2/c1-9-4-3-5-11(7-6-9)15-10(2)13(17)14-8-12(15)16/h9-11H,3-8H2,1-2H3,(H,14,17). The van der Waals surface area contributed by atoms with Gasteiger partial charge in [0, 0.05) is 6.04 Å². The third kappa shape index (κ3) is 2.61. The molecule has 96 valence electrons. The fourth-order valence-corrected chi connectivity index (χ4v) is 3.01. The largest absolute Gasteiger partial charge is 0.345 e. The van der Waals surface area contributed by atoms with Crippen molar-refractivity contribution in [2.75, 3.05) is 6.54 Å². The first kappa shape index (κ1) is 12.4. The number of nitrogens with one attached hydrogen (secondary N) is 1. The molecule has 2 fully saturated rings. The highest BCUT2D eigenvalue weighted by Gasteiger charge is 2.36. The molecular weight excluding hydrogens is 216 g/mol. The van der Waals surface area contributed by atoms with Crippen molar-refractivity contribution in [1.82, 2.24) is 10.2 Å². The van der Waals surface area contributed by atoms with E-state index in [4.69, 9.17) is 0 Å². The van der Waals surface area contributed by atoms with Crippen LogP contribution in [-0.2, 0) is 9.59 Å². The fourth-order valence-electron chi connectivity index (χ4n) is 3.01. The Bertz CT molecular complexity index is 317. The molecule has 3 atom stereocenters. The van der Waals surface area contributed by atoms with E-state index in [1.807, 2.05) is 11.8 Å². The molecule has 1 aliphatic carbocycles. The zero-order chi connectivity index (χ0) is 12.4. The molecule has 1 saturated carbocycles. The molecule has 17 heavy (non-hydrogen) atoms. The lowest BCUT2D eigenvalue weighted by molar-refractivity contribution is -0.147. The van der Waals surface area contributed by atoms with E-state index in [9.17, 15) is 9.59 Å². The summed E-state index contributed by atoms with van der Waals surface area (Å²) in [6, 6.07) is -0.0249. The van der Waals surface area contributed by atoms with Gasteiger partial charge in [0.2, 0.25) is 11.8 Å². The van der Waals surface area contributed by atoms with E-state index in [-0.39, 0.29) is 30.4 Å². The molecule has 4 nitrogen and oxygen atoms in total. The van der Waals surface area contributed by atoms with Crippen LogP contribution in [0.5, 0.6) is 0 Å². The highest BCUT2D eigenvalue weighted by Crippen LogP contribution is 2.27. The minimum atomic E-state index is -0.297. The summed E-state index contributed by atoms with van der Waals surface area (Å²) >= 11 is 0. The van der Waals surface area contributed by atoms with Crippen molar-refractivity contribution in [2.24, 2.45) is 5.92 Å². The van der Waals surface area contributed by atoms with Crippen LogP contribution in [0.3, 0.4) is 0 Å². The Balaban J connectivity index is 2.08. The fraction of sp³-hybridized carbons (Fsp3) is 0.846. The smallest absolute Gasteiger partial charge is 0.242 e. The second-order valence-electron chi connectivity index (χ2n) is 5.46. The van der Waals surface area contributed by atoms with Gasteiger partial charge in [-0.05, 0) is 32.1 Å². The van der Waals surface area contributed by atoms with Crippen molar-refractivity contribution in [3.63, 3.8) is 0 Å². The lowest BCUT2D eigenvalue weighted by atomic mass is 10.0. The lowest BCUT2D eigenvalue weighted by Crippen LogP contribution is -2.60. The summed E-state index contributed by atoms with van der Waals surface area (Å²) in [6.45, 7) is 4.28. The zero-order valence-corrected chi connectivity index (χ0v) is 10.7. The normalized spacial score (nSPS) is 35.4. The van der Waals surface area contributed by atoms with Crippen molar-refractivity contribution < 1.29 is 9.59 Å². The summed E-state index contributed by atoms with van der Waals surface area (Å²) in [6.07, 6.45) is 5.68. The van der Waals surface area contributed by atoms with Crippen LogP contribution in [0.4, 0.5) is 0 Å². The molecule has 0 spiro atoms. The number of carbonyl (C=O) groups excluding carboxylic acids is 2. The summed E-state index contributed by atoms with van der Waals surface area (Å²) in [5.41, 5.74) is 0. The molecular formula is C13H22N2O2. The van der Waals surface area contributed by atoms with E-state index in [1.54, 1.807) is 0 Å². The van der Waals surface area contributed by atoms with Gasteiger partial charge in [-0.1, -0.05) is 19.8 Å². The predicted molar refractivity (Wildman–Crippen MR) is 65.4 cm³/mol. The van der Waals surface area contributed by atoms with Gasteiger partial charge in [0.05, 0.1) is 6.54 Å². The minimum absolute atomic E-state index is 0.0121. The van der Waals surface area contributed by atoms with E-state index in [0.717, 1.165) is 18.8 Å². The van der Waals surface area contributed by atoms with E-state index >= 15 is 0 Å². The molecule has 0 bridgehead atoms. The van der Waals surface area contributed by atoms with Crippen molar-refractivity contribution in [2.45, 2.75) is 58.0 Å². The maximum Gasteiger partial charge on any atom is 0.242 e. The number of hydrogen-bond acceptors (Lipinski definition) is 2. The number of amides is 2. The van der Waals surface area contributed by atoms with Crippen LogP contribution < -0.4 is 5.32 Å². The molecule has 0 aromatic heterocycles. The molecule has 2 amide bonds. The van der Waals surface area contributed by atoms with Crippen LogP contribution in [0.25, 0.3) is 0 Å². The van der Waals surface area contributed by atoms with Gasteiger partial charge in [-0.15, -0.1) is 0 Å². The summed E-state index contributed by atoms with van der Waals surface area (Å²) in [5.74, 6) is 0.822. The Hall–Kier alpha value is -1.06. The monoisotopic (exact) mass is 238 g/mol. The number of nitrogens with zero attached hydrogens (tertiary/aromatic N) is 1. The van der Waals surface area contributed by atoms with Gasteiger partial charge in [0.15, 0.2) is 0 Å². The molecule has 0 aromatic rings. The highest BCUT2D eigenvalue weighted by atomic mass is 16.2. The lowest BCUT2D eigenvalue weighted by Gasteiger charge is -2.38. The van der Waals surface area contributed by atoms with Gasteiger partial charge in [0.25, 0.3) is 0 Å². The molecule has 3 unspecified atom stereocenters. The Morgan fingerprint density at radius 3 is 2.65 bits per heavy atom. The van der Waals surface area contributed by atoms with Crippen LogP contribution in [0.2, 0.25) is 0 Å². The highest BCUT2D eigenvalue weighted by molar-refractivity contribution is 5.94. The van der Waals surface area contributed by atoms with Gasteiger partial charge in [0.1, 0.15) is 6.04 Å². The predicted octanol–water partition coefficient (Wildman–Crippen LogP) is 1.30. The molecule has 2 rings (SSSR count). The second-order valence-corrected chi connectivity index (χ2v) is 5.46. The van der Waals surface area contributed by atoms with E-state index in [0.29, 0.717) is 0 Å². The second kappa shape index (κ2) is 5.07. The van der Waals surface area contributed by atoms with E-state index in [2.05, 4.69) is 12.2 Å². The quantitative estimate of drug-likeness (QED) is 0.700. The maximum absolute atomic E-state index is 12.0. The van der Waals surface area contributed by atoms with Crippen LogP contribution in [0, 0.1) is 5.92 Å². The SMILES string of the molecule is CC1CCCC(N2C(=O)CNC(=O)C2C)CC1. The van der Waals surface area contributed by atoms with Gasteiger partial charge < -0.3 is 10.2 Å². The Kier molecular flexibility index (Phi) is 3.69. The molecule has 4 heteroatoms. The Labute approximate surface area is 103 Å². The van der Waals surface area contributed by atoms with Crippen molar-refractivity contribution in [3.8, 4) is 0 Å². The molecule has 1 heterocycles. The van der Waals surface area contributed by atoms with Crippen LogP contribution >= 0.6 is 0 Å². The molecule has 0 radical (unpaired) electrons. The van der Waals surface area contributed by atoms with E-state index < -0.39 is 0 Å². The number of piperazine rings is 1. The van der Waals surface area contributed by atoms with Gasteiger partial charge in [-0.3, -0.25) is 9.59 Å². The average Bonchev–Trinajstić information content (AvgIpc) is 2.50. The third-order valence-corrected chi connectivity index (χ3v) is 4.12. The summed E-state index contributed by atoms with van der Waals surface area (Å²) in [5, 5.41) is 2.64. The topological polar surface area (TPSA) is 49.4 Å². The maximum atomic E-state index is 12.0. The Morgan fingerprint density at radius 2 is 1.88 bits per heavy atom. The zero-order valence-electron chi connectivity index (χ0n) is 10.7. The minimum Gasteiger partial charge on any atom is -0.345 e. The molecule has 1 saturated heterocycles. The van der Waals surface area contributed by atoms with Gasteiger partial charge in [-0.25, -0.2) is 0 Å². The molecule has 2 aliphatic rings. The summed E-state index contributed by atoms with van der Waals surface area (Å²) in [4.78, 5) is 25.4. The van der Waals surface area contributed by atoms with Crippen molar-refractivity contribution in [3.05, 3.63) is 0 Å². The molecule has 1 aliphatic heterocycles. The van der Waals surface area contributed by atoms with Crippen LogP contribution in [0.15, 0.2) is 0 Å². The molecule has 0 aromatic carbocycles. The van der Waals surface area contributed by atoms with Gasteiger partial charge in [-0.2, -0.15) is 0 Å². The first-order valence-corrected chi connectivity index (χ1v) is 6.68. The number of hydrogen-bond donors (Lipinski definition) is 1. The first-order valence-electron chi connectivity index (χ1n) is 6.68. The van der Waals surface area contributed by atoms with Crippen LogP contribution in [0.1, 0.15) is 46.0 Å². The van der Waals surface area contributed by atoms with Crippen molar-refractivity contribution >= 4 is 11.8 Å². The van der Waals surface area contributed by atoms with E-state index in [1.165, 1.54) is 19.3 Å². The average molecular weight is 238 g/mol. The van der Waals surface area contributed by atoms with Gasteiger partial charge >= 0.3 is 0 Å². The Morgan fingerprint density at radius 1 is 1.12 bits per heavy atom. The first-order chi connectivity index (χ1) is 8.09. The summed E-state index contributed by atoms with van der Waals surface area (Å²) in [7, 11) is 0. The third-order valence-electron chi connectivity index (χ3n) is 4.12.